The predicted molar refractivity (Wildman–Crippen MR) is 101 cm³/mol. The Morgan fingerprint density at radius 3 is 2.63 bits per heavy atom. The molecule has 4 aliphatic carbocycles. The van der Waals surface area contributed by atoms with Crippen molar-refractivity contribution in [3.63, 3.8) is 0 Å². The van der Waals surface area contributed by atoms with Crippen molar-refractivity contribution in [1.29, 1.82) is 0 Å². The zero-order valence-electron chi connectivity index (χ0n) is 16.7. The van der Waals surface area contributed by atoms with Crippen LogP contribution in [0.15, 0.2) is 23.8 Å². The molecule has 0 radical (unpaired) electrons. The second-order valence-electron chi connectivity index (χ2n) is 9.69. The lowest BCUT2D eigenvalue weighted by Gasteiger charge is -2.58. The highest BCUT2D eigenvalue weighted by Gasteiger charge is 2.71. The Balaban J connectivity index is 1.81. The number of fused-ring (bicyclic) bond motifs is 5. The van der Waals surface area contributed by atoms with E-state index in [4.69, 9.17) is 0 Å². The molecule has 0 aromatic rings. The number of Topliss-reactive ketones (excluding diaryl/α,β-unsaturated/α-hetero) is 2. The molecule has 0 spiro atoms. The molecule has 4 rings (SSSR count). The zero-order valence-corrected chi connectivity index (χ0v) is 16.7. The van der Waals surface area contributed by atoms with Crippen molar-refractivity contribution in [3.8, 4) is 0 Å². The maximum atomic E-state index is 16.8. The smallest absolute Gasteiger partial charge is 0.184 e. The first-order valence-corrected chi connectivity index (χ1v) is 10.3. The minimum absolute atomic E-state index is 0.0279. The molecule has 3 saturated carbocycles. The van der Waals surface area contributed by atoms with E-state index in [-0.39, 0.29) is 47.4 Å². The van der Waals surface area contributed by atoms with Crippen LogP contribution in [-0.4, -0.2) is 23.0 Å². The fraction of sp³-hybridized carbons (Fsp3) is 0.696. The minimum atomic E-state index is -1.98. The van der Waals surface area contributed by atoms with Crippen LogP contribution in [0.2, 0.25) is 0 Å². The summed E-state index contributed by atoms with van der Waals surface area (Å²) in [7, 11) is 0. The van der Waals surface area contributed by atoms with Gasteiger partial charge in [-0.05, 0) is 55.6 Å². The van der Waals surface area contributed by atoms with Crippen LogP contribution in [0.4, 0.5) is 4.39 Å². The molecule has 0 N–H and O–H groups in total. The lowest BCUT2D eigenvalue weighted by atomic mass is 9.45. The fourth-order valence-corrected chi connectivity index (χ4v) is 7.21. The average molecular weight is 372 g/mol. The maximum absolute atomic E-state index is 16.8. The molecule has 3 fully saturated rings. The molecule has 0 aromatic carbocycles. The third kappa shape index (κ3) is 2.16. The first-order chi connectivity index (χ1) is 12.6. The van der Waals surface area contributed by atoms with E-state index in [2.05, 4.69) is 6.92 Å². The van der Waals surface area contributed by atoms with Gasteiger partial charge in [0.1, 0.15) is 5.78 Å². The van der Waals surface area contributed by atoms with Gasteiger partial charge in [-0.15, -0.1) is 0 Å². The minimum Gasteiger partial charge on any atom is -0.299 e. The number of ketones is 3. The highest BCUT2D eigenvalue weighted by molar-refractivity contribution is 6.02. The van der Waals surface area contributed by atoms with Gasteiger partial charge in [0.05, 0.1) is 0 Å². The van der Waals surface area contributed by atoms with E-state index < -0.39 is 16.5 Å². The monoisotopic (exact) mass is 372 g/mol. The molecule has 3 nitrogen and oxygen atoms in total. The molecular weight excluding hydrogens is 343 g/mol. The van der Waals surface area contributed by atoms with E-state index in [0.29, 0.717) is 19.3 Å². The molecule has 7 unspecified atom stereocenters. The van der Waals surface area contributed by atoms with Gasteiger partial charge < -0.3 is 0 Å². The summed E-state index contributed by atoms with van der Waals surface area (Å²) < 4.78 is 16.8. The molecule has 7 atom stereocenters. The summed E-state index contributed by atoms with van der Waals surface area (Å²) in [6, 6.07) is 0. The van der Waals surface area contributed by atoms with Crippen molar-refractivity contribution >= 4 is 17.3 Å². The van der Waals surface area contributed by atoms with E-state index in [1.54, 1.807) is 13.0 Å². The number of allylic oxidation sites excluding steroid dienone is 4. The summed E-state index contributed by atoms with van der Waals surface area (Å²) in [5.41, 5.74) is -2.73. The lowest BCUT2D eigenvalue weighted by molar-refractivity contribution is -0.167. The van der Waals surface area contributed by atoms with Gasteiger partial charge >= 0.3 is 0 Å². The summed E-state index contributed by atoms with van der Waals surface area (Å²) in [5, 5.41) is 0. The Labute approximate surface area is 160 Å². The number of carbonyl (C=O) groups is 3. The molecule has 0 amide bonds. The molecule has 27 heavy (non-hydrogen) atoms. The summed E-state index contributed by atoms with van der Waals surface area (Å²) >= 11 is 0. The van der Waals surface area contributed by atoms with E-state index in [0.717, 1.165) is 12.0 Å². The van der Waals surface area contributed by atoms with Crippen molar-refractivity contribution in [1.82, 2.24) is 0 Å². The average Bonchev–Trinajstić information content (AvgIpc) is 2.86. The Kier molecular flexibility index (Phi) is 3.97. The molecule has 4 aliphatic rings. The lowest BCUT2D eigenvalue weighted by Crippen LogP contribution is -2.65. The zero-order chi connectivity index (χ0) is 19.8. The number of alkyl halides is 1. The largest absolute Gasteiger partial charge is 0.299 e. The van der Waals surface area contributed by atoms with Crippen LogP contribution >= 0.6 is 0 Å². The van der Waals surface area contributed by atoms with Gasteiger partial charge in [0.2, 0.25) is 0 Å². The Hall–Kier alpha value is -1.58. The molecule has 0 bridgehead atoms. The summed E-state index contributed by atoms with van der Waals surface area (Å²) in [4.78, 5) is 37.9. The van der Waals surface area contributed by atoms with Crippen LogP contribution in [0.5, 0.6) is 0 Å². The molecule has 0 aliphatic heterocycles. The van der Waals surface area contributed by atoms with Gasteiger partial charge in [-0.1, -0.05) is 32.4 Å². The Bertz CT molecular complexity index is 795. The van der Waals surface area contributed by atoms with E-state index in [1.807, 2.05) is 13.8 Å². The number of carbonyl (C=O) groups excluding carboxylic acids is 3. The topological polar surface area (TPSA) is 51.2 Å². The molecule has 146 valence electrons. The third-order valence-corrected chi connectivity index (χ3v) is 8.44. The van der Waals surface area contributed by atoms with Crippen LogP contribution < -0.4 is 0 Å². The number of hydrogen-bond donors (Lipinski definition) is 0. The van der Waals surface area contributed by atoms with Crippen LogP contribution in [0.25, 0.3) is 0 Å². The van der Waals surface area contributed by atoms with Gasteiger partial charge in [-0.25, -0.2) is 4.39 Å². The molecule has 4 heteroatoms. The van der Waals surface area contributed by atoms with Crippen molar-refractivity contribution < 1.29 is 18.8 Å². The van der Waals surface area contributed by atoms with Crippen LogP contribution in [0, 0.1) is 34.5 Å². The van der Waals surface area contributed by atoms with Crippen molar-refractivity contribution in [2.45, 2.75) is 65.5 Å². The highest BCUT2D eigenvalue weighted by Crippen LogP contribution is 2.68. The molecule has 0 saturated heterocycles. The molecular formula is C23H29FO3. The Morgan fingerprint density at radius 1 is 1.26 bits per heavy atom. The number of rotatable bonds is 2. The van der Waals surface area contributed by atoms with Crippen LogP contribution in [0.3, 0.4) is 0 Å². The SMILES string of the molecule is CCC(=O)C1C(C)CC2C3CCC4=CC(=O)C=CC4(C)C3(F)C(=O)CC21C. The molecule has 0 heterocycles. The van der Waals surface area contributed by atoms with E-state index >= 15 is 4.39 Å². The van der Waals surface area contributed by atoms with Crippen molar-refractivity contribution in [2.75, 3.05) is 0 Å². The van der Waals surface area contributed by atoms with E-state index in [1.165, 1.54) is 12.2 Å². The number of hydrogen-bond acceptors (Lipinski definition) is 3. The number of halogens is 1. The van der Waals surface area contributed by atoms with Gasteiger partial charge in [-0.3, -0.25) is 14.4 Å². The normalized spacial score (nSPS) is 48.6. The van der Waals surface area contributed by atoms with Gasteiger partial charge in [0.15, 0.2) is 17.2 Å². The van der Waals surface area contributed by atoms with Crippen molar-refractivity contribution in [3.05, 3.63) is 23.8 Å². The highest BCUT2D eigenvalue weighted by atomic mass is 19.1. The first-order valence-electron chi connectivity index (χ1n) is 10.3. The van der Waals surface area contributed by atoms with Crippen LogP contribution in [0.1, 0.15) is 59.8 Å². The fourth-order valence-electron chi connectivity index (χ4n) is 7.21. The summed E-state index contributed by atoms with van der Waals surface area (Å²) in [6.45, 7) is 7.78. The van der Waals surface area contributed by atoms with Crippen LogP contribution in [-0.2, 0) is 14.4 Å². The Morgan fingerprint density at radius 2 is 1.96 bits per heavy atom. The quantitative estimate of drug-likeness (QED) is 0.722. The second-order valence-corrected chi connectivity index (χ2v) is 9.69. The second kappa shape index (κ2) is 5.71. The van der Waals surface area contributed by atoms with E-state index in [9.17, 15) is 14.4 Å². The summed E-state index contributed by atoms with van der Waals surface area (Å²) in [6.07, 6.45) is 7.17. The van der Waals surface area contributed by atoms with Gasteiger partial charge in [0.25, 0.3) is 0 Å². The standard InChI is InChI=1S/C23H29FO3/c1-5-18(26)20-13(2)10-17-16-7-6-14-11-15(25)8-9-22(14,4)23(16,24)19(27)12-21(17,20)3/h8-9,11,13,16-17,20H,5-7,10,12H2,1-4H3. The third-order valence-electron chi connectivity index (χ3n) is 8.44. The van der Waals surface area contributed by atoms with Gasteiger partial charge in [0, 0.05) is 30.1 Å². The predicted octanol–water partition coefficient (Wildman–Crippen LogP) is 4.41. The van der Waals surface area contributed by atoms with Gasteiger partial charge in [-0.2, -0.15) is 0 Å². The summed E-state index contributed by atoms with van der Waals surface area (Å²) in [5.74, 6) is -0.634. The first kappa shape index (κ1) is 18.8. The molecule has 0 aromatic heterocycles. The maximum Gasteiger partial charge on any atom is 0.184 e. The van der Waals surface area contributed by atoms with Crippen molar-refractivity contribution in [2.24, 2.45) is 34.5 Å².